The third kappa shape index (κ3) is 5.30. The van der Waals surface area contributed by atoms with Crippen molar-refractivity contribution in [2.24, 2.45) is 0 Å². The molecule has 0 saturated carbocycles. The van der Waals surface area contributed by atoms with Crippen molar-refractivity contribution in [2.45, 2.75) is 31.6 Å². The van der Waals surface area contributed by atoms with Gasteiger partial charge in [-0.2, -0.15) is 0 Å². The minimum absolute atomic E-state index is 0.871. The Bertz CT molecular complexity index is 418. The van der Waals surface area contributed by atoms with Gasteiger partial charge in [0.2, 0.25) is 0 Å². The summed E-state index contributed by atoms with van der Waals surface area (Å²) in [6, 6.07) is 2.65. The van der Waals surface area contributed by atoms with E-state index in [1.165, 1.54) is 18.5 Å². The predicted molar refractivity (Wildman–Crippen MR) is 115 cm³/mol. The van der Waals surface area contributed by atoms with Crippen LogP contribution in [-0.4, -0.2) is 109 Å². The zero-order valence-corrected chi connectivity index (χ0v) is 19.5. The number of rotatable bonds is 8. The van der Waals surface area contributed by atoms with E-state index >= 15 is 0 Å². The van der Waals surface area contributed by atoms with E-state index in [0.717, 1.165) is 78.9 Å². The first-order valence-electron chi connectivity index (χ1n) is 10.7. The highest BCUT2D eigenvalue weighted by Crippen LogP contribution is 2.31. The Morgan fingerprint density at radius 3 is 1.41 bits per heavy atom. The van der Waals surface area contributed by atoms with Gasteiger partial charge < -0.3 is 14.2 Å². The minimum Gasteiger partial charge on any atom is -0.379 e. The summed E-state index contributed by atoms with van der Waals surface area (Å²) < 4.78 is 25.7. The van der Waals surface area contributed by atoms with Gasteiger partial charge in [-0.3, -0.25) is 13.7 Å². The van der Waals surface area contributed by atoms with Crippen molar-refractivity contribution in [3.63, 3.8) is 0 Å². The average Bonchev–Trinajstić information content (AvgIpc) is 2.73. The van der Waals surface area contributed by atoms with E-state index < -0.39 is 16.6 Å². The van der Waals surface area contributed by atoms with Crippen molar-refractivity contribution >= 4 is 16.6 Å². The van der Waals surface area contributed by atoms with Gasteiger partial charge >= 0.3 is 0 Å². The van der Waals surface area contributed by atoms with Gasteiger partial charge in [0, 0.05) is 39.3 Å². The van der Waals surface area contributed by atoms with Gasteiger partial charge in [0.25, 0.3) is 8.56 Å². The molecule has 0 atom stereocenters. The normalized spacial score (nSPS) is 24.8. The number of nitrogens with zero attached hydrogens (tertiary/aromatic N) is 3. The topological polar surface area (TPSA) is 37.4 Å². The molecule has 3 aliphatic rings. The van der Waals surface area contributed by atoms with Crippen molar-refractivity contribution in [3.05, 3.63) is 12.3 Å². The van der Waals surface area contributed by atoms with E-state index in [1.807, 2.05) is 0 Å². The highest BCUT2D eigenvalue weighted by molar-refractivity contribution is 6.82. The van der Waals surface area contributed by atoms with E-state index in [-0.39, 0.29) is 0 Å². The number of ether oxygens (including phenoxy) is 3. The summed E-state index contributed by atoms with van der Waals surface area (Å²) in [5, 5.41) is 0. The first kappa shape index (κ1) is 21.6. The zero-order valence-electron chi connectivity index (χ0n) is 17.5. The second kappa shape index (κ2) is 10.1. The van der Waals surface area contributed by atoms with Gasteiger partial charge in [0.05, 0.1) is 47.7 Å². The van der Waals surface area contributed by atoms with Crippen LogP contribution >= 0.6 is 0 Å². The second-order valence-corrected chi connectivity index (χ2v) is 17.5. The lowest BCUT2D eigenvalue weighted by Crippen LogP contribution is -2.78. The van der Waals surface area contributed by atoms with Crippen LogP contribution in [0.15, 0.2) is 12.3 Å². The van der Waals surface area contributed by atoms with Crippen LogP contribution in [0.5, 0.6) is 0 Å². The Hall–Kier alpha value is -0.0662. The maximum absolute atomic E-state index is 5.73. The van der Waals surface area contributed by atoms with Crippen LogP contribution in [0.25, 0.3) is 0 Å². The van der Waals surface area contributed by atoms with E-state index in [1.54, 1.807) is 0 Å². The molecule has 3 fully saturated rings. The maximum atomic E-state index is 5.73. The molecule has 0 amide bonds. The Labute approximate surface area is 167 Å². The van der Waals surface area contributed by atoms with Gasteiger partial charge in [-0.1, -0.05) is 25.6 Å². The predicted octanol–water partition coefficient (Wildman–Crippen LogP) is 1.75. The van der Waals surface area contributed by atoms with Crippen LogP contribution in [0, 0.1) is 0 Å². The molecule has 27 heavy (non-hydrogen) atoms. The fourth-order valence-electron chi connectivity index (χ4n) is 4.72. The van der Waals surface area contributed by atoms with E-state index in [0.29, 0.717) is 0 Å². The van der Waals surface area contributed by atoms with Crippen LogP contribution in [-0.2, 0) is 14.2 Å². The molecule has 3 aliphatic heterocycles. The summed E-state index contributed by atoms with van der Waals surface area (Å²) in [5.41, 5.74) is 2.26. The molecule has 3 heterocycles. The van der Waals surface area contributed by atoms with Gasteiger partial charge in [0.15, 0.2) is 0 Å². The molecule has 156 valence electrons. The summed E-state index contributed by atoms with van der Waals surface area (Å²) in [5.74, 6) is 0. The molecule has 0 bridgehead atoms. The first-order chi connectivity index (χ1) is 13.1. The minimum atomic E-state index is -1.96. The molecule has 0 aromatic heterocycles. The van der Waals surface area contributed by atoms with Crippen molar-refractivity contribution in [2.75, 3.05) is 78.9 Å². The summed E-state index contributed by atoms with van der Waals surface area (Å²) >= 11 is 0. The molecule has 3 rings (SSSR count). The quantitative estimate of drug-likeness (QED) is 0.564. The summed E-state index contributed by atoms with van der Waals surface area (Å²) in [7, 11) is -3.23. The van der Waals surface area contributed by atoms with E-state index in [9.17, 15) is 0 Å². The van der Waals surface area contributed by atoms with Crippen LogP contribution in [0.4, 0.5) is 0 Å². The van der Waals surface area contributed by atoms with Crippen molar-refractivity contribution in [3.8, 4) is 0 Å². The highest BCUT2D eigenvalue weighted by atomic mass is 28.4. The average molecular weight is 414 g/mol. The van der Waals surface area contributed by atoms with Gasteiger partial charge in [-0.05, 0) is 6.04 Å². The summed E-state index contributed by atoms with van der Waals surface area (Å²) in [4.78, 5) is 0. The first-order valence-corrected chi connectivity index (χ1v) is 16.0. The third-order valence-electron chi connectivity index (χ3n) is 6.44. The van der Waals surface area contributed by atoms with Crippen molar-refractivity contribution in [1.29, 1.82) is 0 Å². The molecular formula is C19H39N3O3Si2. The SMILES string of the molecule is C=C[Si](C)(C)CCC[Si](N1CCOCC1)(N1CCOCC1)N1CCOCC1. The fourth-order valence-corrected chi connectivity index (χ4v) is 11.9. The number of hydrogen-bond donors (Lipinski definition) is 0. The smallest absolute Gasteiger partial charge is 0.290 e. The monoisotopic (exact) mass is 413 g/mol. The molecule has 8 heteroatoms. The fraction of sp³-hybridized carbons (Fsp3) is 0.895. The Balaban J connectivity index is 1.85. The lowest BCUT2D eigenvalue weighted by atomic mass is 10.5. The molecule has 0 aliphatic carbocycles. The Morgan fingerprint density at radius 1 is 0.704 bits per heavy atom. The van der Waals surface area contributed by atoms with Crippen LogP contribution < -0.4 is 0 Å². The van der Waals surface area contributed by atoms with Gasteiger partial charge in [0.1, 0.15) is 0 Å². The van der Waals surface area contributed by atoms with Crippen LogP contribution in [0.1, 0.15) is 6.42 Å². The number of morpholine rings is 3. The van der Waals surface area contributed by atoms with Crippen LogP contribution in [0.2, 0.25) is 25.2 Å². The Kier molecular flexibility index (Phi) is 8.10. The molecule has 0 unspecified atom stereocenters. The third-order valence-corrected chi connectivity index (χ3v) is 14.6. The molecule has 0 aromatic carbocycles. The number of hydrogen-bond acceptors (Lipinski definition) is 6. The van der Waals surface area contributed by atoms with Crippen LogP contribution in [0.3, 0.4) is 0 Å². The Morgan fingerprint density at radius 2 is 1.07 bits per heavy atom. The lowest BCUT2D eigenvalue weighted by Gasteiger charge is -2.56. The van der Waals surface area contributed by atoms with Gasteiger partial charge in [-0.25, -0.2) is 0 Å². The molecule has 0 spiro atoms. The highest BCUT2D eigenvalue weighted by Gasteiger charge is 2.51. The molecular weight excluding hydrogens is 374 g/mol. The molecule has 3 saturated heterocycles. The molecule has 0 radical (unpaired) electrons. The molecule has 0 aromatic rings. The van der Waals surface area contributed by atoms with Gasteiger partial charge in [-0.15, -0.1) is 12.3 Å². The second-order valence-electron chi connectivity index (χ2n) is 8.62. The summed E-state index contributed by atoms with van der Waals surface area (Å²) in [6.45, 7) is 20.7. The van der Waals surface area contributed by atoms with Crippen molar-refractivity contribution in [1.82, 2.24) is 13.7 Å². The molecule has 6 nitrogen and oxygen atoms in total. The molecule has 0 N–H and O–H groups in total. The van der Waals surface area contributed by atoms with E-state index in [2.05, 4.69) is 39.1 Å². The maximum Gasteiger partial charge on any atom is 0.290 e. The van der Waals surface area contributed by atoms with Crippen molar-refractivity contribution < 1.29 is 14.2 Å². The van der Waals surface area contributed by atoms with E-state index in [4.69, 9.17) is 14.2 Å². The lowest BCUT2D eigenvalue weighted by molar-refractivity contribution is 0.0152. The largest absolute Gasteiger partial charge is 0.379 e. The summed E-state index contributed by atoms with van der Waals surface area (Å²) in [6.07, 6.45) is 1.31. The standard InChI is InChI=1S/C19H39N3O3Si2/c1-4-26(2,3)18-5-19-27(20-6-12-23-13-7-20,21-8-14-24-15-9-21)22-10-16-25-17-11-22/h4H,1,5-19H2,2-3H3. The zero-order chi connectivity index (χ0) is 19.2.